The number of nitrogens with zero attached hydrogens (tertiary/aromatic N) is 1. The first-order valence-electron chi connectivity index (χ1n) is 8.44. The second-order valence-corrected chi connectivity index (χ2v) is 6.23. The summed E-state index contributed by atoms with van der Waals surface area (Å²) < 4.78 is 1.21. The van der Waals surface area contributed by atoms with E-state index in [9.17, 15) is 0 Å². The van der Waals surface area contributed by atoms with Crippen molar-refractivity contribution < 1.29 is 4.48 Å². The fourth-order valence-electron chi connectivity index (χ4n) is 2.88. The lowest BCUT2D eigenvalue weighted by atomic mass is 10.1. The lowest BCUT2D eigenvalue weighted by molar-refractivity contribution is -0.875. The average Bonchev–Trinajstić information content (AvgIpc) is 2.43. The monoisotopic (exact) mass is 264 g/mol. The van der Waals surface area contributed by atoms with Crippen LogP contribution in [-0.2, 0) is 0 Å². The lowest BCUT2D eigenvalue weighted by Gasteiger charge is -2.36. The van der Waals surface area contributed by atoms with Gasteiger partial charge < -0.3 is 0 Å². The summed E-state index contributed by atoms with van der Waals surface area (Å²) in [6.45, 7) is 10.7. The van der Waals surface area contributed by atoms with Crippen LogP contribution in [0, 0.1) is 0 Å². The summed E-state index contributed by atoms with van der Waals surface area (Å²) in [7, 11) is 0. The quantitative estimate of drug-likeness (QED) is 0.364. The van der Waals surface area contributed by atoms with Gasteiger partial charge in [0.25, 0.3) is 0 Å². The van der Waals surface area contributed by atoms with Gasteiger partial charge in [0.1, 0.15) is 6.54 Å². The Bertz CT molecular complexity index is 276. The van der Waals surface area contributed by atoms with Crippen LogP contribution in [0.5, 0.6) is 0 Å². The number of rotatable bonds is 10. The molecule has 0 aromatic heterocycles. The third kappa shape index (κ3) is 6.42. The summed E-state index contributed by atoms with van der Waals surface area (Å²) in [6.07, 6.45) is 18.3. The second kappa shape index (κ2) is 9.36. The molecule has 0 N–H and O–H groups in total. The van der Waals surface area contributed by atoms with E-state index in [-0.39, 0.29) is 0 Å². The first kappa shape index (κ1) is 16.5. The van der Waals surface area contributed by atoms with E-state index < -0.39 is 0 Å². The van der Waals surface area contributed by atoms with Crippen molar-refractivity contribution in [1.29, 1.82) is 0 Å². The van der Waals surface area contributed by atoms with Gasteiger partial charge >= 0.3 is 0 Å². The maximum atomic E-state index is 2.48. The number of hydrogen-bond acceptors (Lipinski definition) is 0. The van der Waals surface area contributed by atoms with E-state index >= 15 is 0 Å². The Labute approximate surface area is 121 Å². The molecule has 0 aromatic rings. The molecule has 0 amide bonds. The predicted molar refractivity (Wildman–Crippen MR) is 86.0 cm³/mol. The van der Waals surface area contributed by atoms with Crippen molar-refractivity contribution in [2.45, 2.75) is 72.1 Å². The van der Waals surface area contributed by atoms with Crippen LogP contribution in [0.2, 0.25) is 0 Å². The average molecular weight is 264 g/mol. The first-order valence-corrected chi connectivity index (χ1v) is 8.44. The molecular formula is C18H34N+. The smallest absolute Gasteiger partial charge is 0.102 e. The van der Waals surface area contributed by atoms with Gasteiger partial charge in [-0.2, -0.15) is 0 Å². The van der Waals surface area contributed by atoms with Crippen molar-refractivity contribution in [3.05, 3.63) is 23.9 Å². The summed E-state index contributed by atoms with van der Waals surface area (Å²) >= 11 is 0. The number of allylic oxidation sites excluding steroid dienone is 2. The Kier molecular flexibility index (Phi) is 8.13. The van der Waals surface area contributed by atoms with Crippen LogP contribution < -0.4 is 0 Å². The molecule has 0 aliphatic carbocycles. The molecule has 0 saturated carbocycles. The van der Waals surface area contributed by atoms with Crippen molar-refractivity contribution in [3.8, 4) is 0 Å². The zero-order valence-electron chi connectivity index (χ0n) is 13.5. The minimum absolute atomic E-state index is 1.21. The van der Waals surface area contributed by atoms with Gasteiger partial charge in [-0.25, -0.2) is 0 Å². The van der Waals surface area contributed by atoms with Crippen LogP contribution in [0.25, 0.3) is 0 Å². The minimum Gasteiger partial charge on any atom is -0.294 e. The van der Waals surface area contributed by atoms with Gasteiger partial charge in [-0.3, -0.25) is 4.48 Å². The number of hydrogen-bond donors (Lipinski definition) is 0. The highest BCUT2D eigenvalue weighted by atomic mass is 15.3. The van der Waals surface area contributed by atoms with Gasteiger partial charge in [0.05, 0.1) is 19.3 Å². The van der Waals surface area contributed by atoms with Crippen molar-refractivity contribution in [3.63, 3.8) is 0 Å². The van der Waals surface area contributed by atoms with Crippen LogP contribution in [0.1, 0.15) is 72.1 Å². The highest BCUT2D eigenvalue weighted by Crippen LogP contribution is 2.20. The maximum absolute atomic E-state index is 2.48. The zero-order chi connectivity index (χ0) is 14.0. The van der Waals surface area contributed by atoms with Crippen LogP contribution in [0.3, 0.4) is 0 Å². The Morgan fingerprint density at radius 1 is 0.895 bits per heavy atom. The topological polar surface area (TPSA) is 0 Å². The summed E-state index contributed by atoms with van der Waals surface area (Å²) in [5.41, 5.74) is 1.44. The molecule has 1 aliphatic heterocycles. The van der Waals surface area contributed by atoms with E-state index in [0.717, 1.165) is 0 Å². The van der Waals surface area contributed by atoms with E-state index in [0.29, 0.717) is 0 Å². The van der Waals surface area contributed by atoms with E-state index in [4.69, 9.17) is 0 Å². The summed E-state index contributed by atoms with van der Waals surface area (Å²) in [5.74, 6) is 0. The number of quaternary nitrogens is 1. The van der Waals surface area contributed by atoms with Gasteiger partial charge in [0.15, 0.2) is 0 Å². The van der Waals surface area contributed by atoms with Gasteiger partial charge in [0.2, 0.25) is 0 Å². The van der Waals surface area contributed by atoms with Crippen LogP contribution >= 0.6 is 0 Å². The molecular weight excluding hydrogens is 230 g/mol. The Hall–Kier alpha value is -0.560. The van der Waals surface area contributed by atoms with Crippen molar-refractivity contribution in [2.75, 3.05) is 19.6 Å². The molecule has 1 aliphatic rings. The third-order valence-corrected chi connectivity index (χ3v) is 4.34. The highest BCUT2D eigenvalue weighted by Gasteiger charge is 2.24. The molecule has 19 heavy (non-hydrogen) atoms. The molecule has 0 aromatic carbocycles. The van der Waals surface area contributed by atoms with Crippen LogP contribution in [-0.4, -0.2) is 24.1 Å². The molecule has 1 heteroatoms. The normalized spacial score (nSPS) is 17.5. The van der Waals surface area contributed by atoms with Crippen LogP contribution in [0.15, 0.2) is 23.9 Å². The Morgan fingerprint density at radius 3 is 1.89 bits per heavy atom. The van der Waals surface area contributed by atoms with Gasteiger partial charge in [-0.15, -0.1) is 0 Å². The van der Waals surface area contributed by atoms with E-state index in [1.807, 2.05) is 0 Å². The van der Waals surface area contributed by atoms with E-state index in [1.54, 1.807) is 0 Å². The SMILES string of the molecule is CCCCCC[N+]1(CCCCCC)C=CC(C)=CC1. The number of unbranched alkanes of at least 4 members (excludes halogenated alkanes) is 6. The molecule has 0 saturated heterocycles. The molecule has 0 unspecified atom stereocenters. The standard InChI is InChI=1S/C18H34N/c1-4-6-8-10-14-19(15-11-9-7-5-2)16-12-18(3)13-17-19/h12-13,16H,4-11,14-15,17H2,1-3H3/q+1. The highest BCUT2D eigenvalue weighted by molar-refractivity contribution is 5.16. The largest absolute Gasteiger partial charge is 0.294 e. The Morgan fingerprint density at radius 2 is 1.47 bits per heavy atom. The lowest BCUT2D eigenvalue weighted by Crippen LogP contribution is -2.45. The van der Waals surface area contributed by atoms with Gasteiger partial charge in [-0.05, 0) is 50.3 Å². The minimum atomic E-state index is 1.21. The van der Waals surface area contributed by atoms with Gasteiger partial charge in [0, 0.05) is 0 Å². The fourth-order valence-corrected chi connectivity index (χ4v) is 2.88. The maximum Gasteiger partial charge on any atom is 0.102 e. The molecule has 0 spiro atoms. The van der Waals surface area contributed by atoms with Gasteiger partial charge in [-0.1, -0.05) is 39.5 Å². The first-order chi connectivity index (χ1) is 9.22. The predicted octanol–water partition coefficient (Wildman–Crippen LogP) is 5.44. The summed E-state index contributed by atoms with van der Waals surface area (Å²) in [4.78, 5) is 0. The molecule has 1 heterocycles. The van der Waals surface area contributed by atoms with Crippen molar-refractivity contribution in [1.82, 2.24) is 0 Å². The summed E-state index contributed by atoms with van der Waals surface area (Å²) in [6, 6.07) is 0. The van der Waals surface area contributed by atoms with E-state index in [1.165, 1.54) is 81.1 Å². The van der Waals surface area contributed by atoms with Crippen molar-refractivity contribution >= 4 is 0 Å². The molecule has 0 radical (unpaired) electrons. The molecule has 1 rings (SSSR count). The van der Waals surface area contributed by atoms with Crippen LogP contribution in [0.4, 0.5) is 0 Å². The fraction of sp³-hybridized carbons (Fsp3) is 0.778. The van der Waals surface area contributed by atoms with Crippen molar-refractivity contribution in [2.24, 2.45) is 0 Å². The second-order valence-electron chi connectivity index (χ2n) is 6.23. The molecule has 0 atom stereocenters. The molecule has 0 fully saturated rings. The molecule has 0 bridgehead atoms. The zero-order valence-corrected chi connectivity index (χ0v) is 13.5. The third-order valence-electron chi connectivity index (χ3n) is 4.34. The van der Waals surface area contributed by atoms with E-state index in [2.05, 4.69) is 39.1 Å². The Balaban J connectivity index is 2.42. The molecule has 110 valence electrons. The molecule has 1 nitrogen and oxygen atoms in total. The summed E-state index contributed by atoms with van der Waals surface area (Å²) in [5, 5.41) is 0.